The summed E-state index contributed by atoms with van der Waals surface area (Å²) in [5.41, 5.74) is 11.2. The summed E-state index contributed by atoms with van der Waals surface area (Å²) in [4.78, 5) is 36.1. The number of aromatic nitrogens is 4. The predicted octanol–water partition coefficient (Wildman–Crippen LogP) is 7.53. The number of phenols is 2. The fourth-order valence-corrected chi connectivity index (χ4v) is 8.39. The van der Waals surface area contributed by atoms with Gasteiger partial charge < -0.3 is 40.5 Å². The number of hydrogen-bond acceptors (Lipinski definition) is 12. The molecule has 5 heterocycles. The largest absolute Gasteiger partial charge is 0.507 e. The van der Waals surface area contributed by atoms with Crippen LogP contribution < -0.4 is 20.9 Å². The van der Waals surface area contributed by atoms with Crippen LogP contribution in [0, 0.1) is 25.7 Å². The summed E-state index contributed by atoms with van der Waals surface area (Å²) in [6.45, 7) is 10.0. The van der Waals surface area contributed by atoms with Crippen molar-refractivity contribution in [1.82, 2.24) is 25.3 Å². The van der Waals surface area contributed by atoms with Gasteiger partial charge in [-0.15, -0.1) is 0 Å². The fraction of sp³-hybridized carbons (Fsp3) is 0.383. The molecule has 9 rings (SSSR count). The molecule has 3 fully saturated rings. The number of aromatic hydroxyl groups is 2. The van der Waals surface area contributed by atoms with Gasteiger partial charge in [-0.05, 0) is 118 Å². The molecule has 2 aromatic heterocycles. The molecule has 0 unspecified atom stereocenters. The van der Waals surface area contributed by atoms with Gasteiger partial charge in [0, 0.05) is 49.9 Å². The van der Waals surface area contributed by atoms with Gasteiger partial charge in [0.2, 0.25) is 0 Å². The van der Waals surface area contributed by atoms with Crippen LogP contribution in [0.2, 0.25) is 0 Å². The van der Waals surface area contributed by atoms with Gasteiger partial charge in [0.15, 0.2) is 11.6 Å². The molecule has 312 valence electrons. The average molecular weight is 811 g/mol. The normalized spacial score (nSPS) is 19.2. The van der Waals surface area contributed by atoms with Crippen LogP contribution in [0.3, 0.4) is 0 Å². The van der Waals surface area contributed by atoms with Crippen molar-refractivity contribution >= 4 is 39.5 Å². The second kappa shape index (κ2) is 18.5. The summed E-state index contributed by atoms with van der Waals surface area (Å²) in [7, 11) is 0. The lowest BCUT2D eigenvalue weighted by Crippen LogP contribution is -2.42. The minimum absolute atomic E-state index is 0.147. The van der Waals surface area contributed by atoms with E-state index in [0.717, 1.165) is 96.4 Å². The SMILES string of the molecule is Cc1ccc2c(N3CCC[C@@H](CN)C3)nc(-c3ccccc3O)nc2c1.Cc1ccc2c(N3CCC[C@@H](CNC(=O)O[C@@H]4CCOC4)C3)nc(-c3ccccc3O)nc2c1. The smallest absolute Gasteiger partial charge is 0.407 e. The minimum Gasteiger partial charge on any atom is -0.507 e. The van der Waals surface area contributed by atoms with Crippen LogP contribution >= 0.6 is 0 Å². The number of alkyl carbamates (subject to hydrolysis) is 1. The van der Waals surface area contributed by atoms with Gasteiger partial charge in [0.25, 0.3) is 0 Å². The topological polar surface area (TPSA) is 172 Å². The van der Waals surface area contributed by atoms with Crippen LogP contribution in [0.25, 0.3) is 44.6 Å². The van der Waals surface area contributed by atoms with Crippen molar-refractivity contribution in [1.29, 1.82) is 0 Å². The lowest BCUT2D eigenvalue weighted by Gasteiger charge is -2.34. The fourth-order valence-electron chi connectivity index (χ4n) is 8.39. The Morgan fingerprint density at radius 1 is 0.750 bits per heavy atom. The summed E-state index contributed by atoms with van der Waals surface area (Å²) < 4.78 is 10.7. The highest BCUT2D eigenvalue weighted by atomic mass is 16.6. The maximum absolute atomic E-state index is 12.2. The summed E-state index contributed by atoms with van der Waals surface area (Å²) in [5.74, 6) is 4.00. The van der Waals surface area contributed by atoms with Crippen molar-refractivity contribution in [3.05, 3.63) is 96.1 Å². The number of nitrogens with one attached hydrogen (secondary N) is 1. The van der Waals surface area contributed by atoms with Gasteiger partial charge in [0.05, 0.1) is 35.4 Å². The molecule has 13 nitrogen and oxygen atoms in total. The third-order valence-electron chi connectivity index (χ3n) is 11.6. The highest BCUT2D eigenvalue weighted by Gasteiger charge is 2.27. The molecule has 0 bridgehead atoms. The summed E-state index contributed by atoms with van der Waals surface area (Å²) >= 11 is 0. The number of amides is 1. The van der Waals surface area contributed by atoms with Crippen molar-refractivity contribution in [3.8, 4) is 34.3 Å². The number of hydrogen-bond donors (Lipinski definition) is 4. The Morgan fingerprint density at radius 3 is 1.80 bits per heavy atom. The van der Waals surface area contributed by atoms with E-state index in [0.29, 0.717) is 55.0 Å². The van der Waals surface area contributed by atoms with E-state index in [1.807, 2.05) is 31.2 Å². The summed E-state index contributed by atoms with van der Waals surface area (Å²) in [6.07, 6.45) is 4.54. The summed E-state index contributed by atoms with van der Waals surface area (Å²) in [5, 5.41) is 25.6. The number of anilines is 2. The first-order valence-electron chi connectivity index (χ1n) is 21.1. The first-order chi connectivity index (χ1) is 29.2. The Morgan fingerprint density at radius 2 is 1.28 bits per heavy atom. The second-order valence-electron chi connectivity index (χ2n) is 16.2. The lowest BCUT2D eigenvalue weighted by atomic mass is 9.97. The van der Waals surface area contributed by atoms with E-state index >= 15 is 0 Å². The van der Waals surface area contributed by atoms with Crippen LogP contribution in [0.5, 0.6) is 11.5 Å². The molecule has 5 N–H and O–H groups in total. The number of nitrogens with two attached hydrogens (primary N) is 1. The molecule has 13 heteroatoms. The number of aryl methyl sites for hydroxylation is 2. The Bertz CT molecular complexity index is 2460. The number of ether oxygens (including phenoxy) is 2. The molecule has 3 aliphatic heterocycles. The van der Waals surface area contributed by atoms with Crippen LogP contribution in [0.4, 0.5) is 16.4 Å². The highest BCUT2D eigenvalue weighted by molar-refractivity contribution is 5.93. The van der Waals surface area contributed by atoms with Gasteiger partial charge in [-0.2, -0.15) is 0 Å². The average Bonchev–Trinajstić information content (AvgIpc) is 3.78. The third kappa shape index (κ3) is 9.37. The first-order valence-corrected chi connectivity index (χ1v) is 21.1. The minimum atomic E-state index is -0.377. The Balaban J connectivity index is 0.000000172. The first kappa shape index (κ1) is 40.7. The Kier molecular flexibility index (Phi) is 12.5. The maximum Gasteiger partial charge on any atom is 0.407 e. The zero-order valence-electron chi connectivity index (χ0n) is 34.4. The number of nitrogens with zero attached hydrogens (tertiary/aromatic N) is 6. The van der Waals surface area contributed by atoms with Crippen molar-refractivity contribution in [2.45, 2.75) is 52.1 Å². The van der Waals surface area contributed by atoms with Gasteiger partial charge in [0.1, 0.15) is 29.2 Å². The van der Waals surface area contributed by atoms with E-state index < -0.39 is 0 Å². The predicted molar refractivity (Wildman–Crippen MR) is 235 cm³/mol. The number of rotatable bonds is 8. The molecule has 3 saturated heterocycles. The van der Waals surface area contributed by atoms with E-state index in [2.05, 4.69) is 58.4 Å². The van der Waals surface area contributed by atoms with E-state index in [9.17, 15) is 15.0 Å². The summed E-state index contributed by atoms with van der Waals surface area (Å²) in [6, 6.07) is 26.8. The molecule has 1 amide bonds. The third-order valence-corrected chi connectivity index (χ3v) is 11.6. The van der Waals surface area contributed by atoms with E-state index in [1.54, 1.807) is 24.3 Å². The maximum atomic E-state index is 12.2. The molecule has 4 aromatic carbocycles. The Labute approximate surface area is 350 Å². The zero-order chi connectivity index (χ0) is 41.6. The van der Waals surface area contributed by atoms with Gasteiger partial charge in [-0.1, -0.05) is 36.4 Å². The number of phenolic OH excluding ortho intramolecular Hbond substituents is 2. The standard InChI is InChI=1S/C26H30N4O4.C21H24N4O/c1-17-8-9-20-22(13-17)28-24(21-6-2-3-7-23(21)31)29-25(20)30-11-4-5-18(15-30)14-27-26(32)34-19-10-12-33-16-19;1-14-8-9-16-18(11-14)23-20(17-6-2-3-7-19(17)26)24-21(16)25-10-4-5-15(12-22)13-25/h2-3,6-9,13,18-19,31H,4-5,10-12,14-16H2,1H3,(H,27,32);2-3,6-9,11,15,26H,4-5,10,12-13,22H2,1H3/t18-,19+;15-/m00/s1. The second-order valence-corrected chi connectivity index (χ2v) is 16.2. The van der Waals surface area contributed by atoms with Gasteiger partial charge >= 0.3 is 6.09 Å². The van der Waals surface area contributed by atoms with E-state index in [4.69, 9.17) is 35.1 Å². The molecule has 60 heavy (non-hydrogen) atoms. The number of para-hydroxylation sites is 2. The van der Waals surface area contributed by atoms with Gasteiger partial charge in [-0.3, -0.25) is 0 Å². The molecule has 0 radical (unpaired) electrons. The molecule has 0 saturated carbocycles. The van der Waals surface area contributed by atoms with Crippen molar-refractivity contribution in [2.75, 3.05) is 62.3 Å². The number of carbonyl (C=O) groups is 1. The van der Waals surface area contributed by atoms with Gasteiger partial charge in [-0.25, -0.2) is 24.7 Å². The number of carbonyl (C=O) groups excluding carboxylic acids is 1. The Hall–Kier alpha value is -6.05. The van der Waals surface area contributed by atoms with E-state index in [1.165, 1.54) is 6.42 Å². The molecular weight excluding hydrogens is 757 g/mol. The zero-order valence-corrected chi connectivity index (χ0v) is 34.4. The lowest BCUT2D eigenvalue weighted by molar-refractivity contribution is 0.0821. The van der Waals surface area contributed by atoms with Crippen LogP contribution in [0.15, 0.2) is 84.9 Å². The quantitative estimate of drug-likeness (QED) is 0.119. The van der Waals surface area contributed by atoms with Crippen LogP contribution in [-0.4, -0.2) is 94.8 Å². The molecule has 0 aliphatic carbocycles. The molecule has 6 aromatic rings. The molecule has 3 aliphatic rings. The molecule has 3 atom stereocenters. The van der Waals surface area contributed by atoms with Crippen molar-refractivity contribution < 1.29 is 24.5 Å². The van der Waals surface area contributed by atoms with Crippen LogP contribution in [-0.2, 0) is 9.47 Å². The monoisotopic (exact) mass is 810 g/mol. The van der Waals surface area contributed by atoms with Crippen molar-refractivity contribution in [3.63, 3.8) is 0 Å². The number of piperidine rings is 2. The van der Waals surface area contributed by atoms with E-state index in [-0.39, 0.29) is 29.6 Å². The molecule has 0 spiro atoms. The number of benzene rings is 4. The van der Waals surface area contributed by atoms with Crippen molar-refractivity contribution in [2.24, 2.45) is 17.6 Å². The number of fused-ring (bicyclic) bond motifs is 2. The van der Waals surface area contributed by atoms with Crippen LogP contribution in [0.1, 0.15) is 43.2 Å². The molecular formula is C47H54N8O5. The highest BCUT2D eigenvalue weighted by Crippen LogP contribution is 2.35.